The van der Waals surface area contributed by atoms with Gasteiger partial charge >= 0.3 is 0 Å². The number of aromatic nitrogens is 2. The molecule has 0 amide bonds. The molecule has 0 spiro atoms. The van der Waals surface area contributed by atoms with E-state index in [0.29, 0.717) is 0 Å². The van der Waals surface area contributed by atoms with Crippen LogP contribution in [0, 0.1) is 6.92 Å². The van der Waals surface area contributed by atoms with Gasteiger partial charge in [-0.2, -0.15) is 0 Å². The Morgan fingerprint density at radius 2 is 2.00 bits per heavy atom. The SMILES string of the molecule is CCNCc1cnc(C)n1-c1ccccc1. The molecule has 0 radical (unpaired) electrons. The van der Waals surface area contributed by atoms with Crippen LogP contribution in [0.5, 0.6) is 0 Å². The smallest absolute Gasteiger partial charge is 0.110 e. The van der Waals surface area contributed by atoms with E-state index in [1.54, 1.807) is 0 Å². The van der Waals surface area contributed by atoms with Crippen molar-refractivity contribution in [3.05, 3.63) is 48.0 Å². The monoisotopic (exact) mass is 215 g/mol. The molecule has 0 aliphatic carbocycles. The number of imidazole rings is 1. The van der Waals surface area contributed by atoms with Gasteiger partial charge in [0, 0.05) is 12.2 Å². The molecule has 2 rings (SSSR count). The molecular formula is C13H17N3. The molecule has 0 fully saturated rings. The van der Waals surface area contributed by atoms with E-state index in [1.807, 2.05) is 31.3 Å². The average Bonchev–Trinajstić information content (AvgIpc) is 2.69. The number of rotatable bonds is 4. The summed E-state index contributed by atoms with van der Waals surface area (Å²) in [6.07, 6.45) is 1.94. The quantitative estimate of drug-likeness (QED) is 0.848. The zero-order valence-electron chi connectivity index (χ0n) is 9.77. The van der Waals surface area contributed by atoms with E-state index in [2.05, 4.69) is 33.9 Å². The van der Waals surface area contributed by atoms with E-state index in [4.69, 9.17) is 0 Å². The first kappa shape index (κ1) is 10.9. The fraction of sp³-hybridized carbons (Fsp3) is 0.308. The first-order valence-corrected chi connectivity index (χ1v) is 5.62. The second-order valence-corrected chi connectivity index (χ2v) is 3.75. The minimum Gasteiger partial charge on any atom is -0.311 e. The molecule has 0 saturated carbocycles. The zero-order chi connectivity index (χ0) is 11.4. The molecule has 0 saturated heterocycles. The Morgan fingerprint density at radius 1 is 1.25 bits per heavy atom. The van der Waals surface area contributed by atoms with Crippen LogP contribution in [-0.4, -0.2) is 16.1 Å². The lowest BCUT2D eigenvalue weighted by Gasteiger charge is -2.10. The Hall–Kier alpha value is -1.61. The van der Waals surface area contributed by atoms with E-state index in [-0.39, 0.29) is 0 Å². The lowest BCUT2D eigenvalue weighted by molar-refractivity contribution is 0.695. The maximum Gasteiger partial charge on any atom is 0.110 e. The number of nitrogens with one attached hydrogen (secondary N) is 1. The lowest BCUT2D eigenvalue weighted by Crippen LogP contribution is -2.15. The van der Waals surface area contributed by atoms with Crippen LogP contribution in [-0.2, 0) is 6.54 Å². The van der Waals surface area contributed by atoms with Crippen LogP contribution in [0.1, 0.15) is 18.4 Å². The summed E-state index contributed by atoms with van der Waals surface area (Å²) < 4.78 is 2.18. The molecule has 3 heteroatoms. The van der Waals surface area contributed by atoms with Crippen LogP contribution >= 0.6 is 0 Å². The summed E-state index contributed by atoms with van der Waals surface area (Å²) in [5.74, 6) is 1.03. The second kappa shape index (κ2) is 4.94. The second-order valence-electron chi connectivity index (χ2n) is 3.75. The fourth-order valence-electron chi connectivity index (χ4n) is 1.80. The normalized spacial score (nSPS) is 10.6. The molecule has 3 nitrogen and oxygen atoms in total. The third kappa shape index (κ3) is 2.14. The highest BCUT2D eigenvalue weighted by Gasteiger charge is 2.07. The maximum absolute atomic E-state index is 4.37. The molecular weight excluding hydrogens is 198 g/mol. The third-order valence-corrected chi connectivity index (χ3v) is 2.58. The first-order valence-electron chi connectivity index (χ1n) is 5.62. The van der Waals surface area contributed by atoms with Crippen molar-refractivity contribution >= 4 is 0 Å². The van der Waals surface area contributed by atoms with Gasteiger partial charge < -0.3 is 5.32 Å². The van der Waals surface area contributed by atoms with Gasteiger partial charge in [-0.1, -0.05) is 25.1 Å². The van der Waals surface area contributed by atoms with E-state index in [1.165, 1.54) is 11.4 Å². The summed E-state index contributed by atoms with van der Waals surface area (Å²) in [5.41, 5.74) is 2.37. The van der Waals surface area contributed by atoms with Crippen molar-refractivity contribution in [2.75, 3.05) is 6.54 Å². The van der Waals surface area contributed by atoms with Gasteiger partial charge in [0.05, 0.1) is 11.9 Å². The molecule has 2 aromatic rings. The summed E-state index contributed by atoms with van der Waals surface area (Å²) in [6, 6.07) is 10.3. The minimum atomic E-state index is 0.853. The summed E-state index contributed by atoms with van der Waals surface area (Å²) in [6.45, 7) is 5.96. The summed E-state index contributed by atoms with van der Waals surface area (Å²) in [7, 11) is 0. The molecule has 84 valence electrons. The Balaban J connectivity index is 2.35. The molecule has 1 N–H and O–H groups in total. The van der Waals surface area contributed by atoms with Crippen LogP contribution in [0.15, 0.2) is 36.5 Å². The van der Waals surface area contributed by atoms with E-state index < -0.39 is 0 Å². The van der Waals surface area contributed by atoms with Gasteiger partial charge in [0.25, 0.3) is 0 Å². The number of nitrogens with zero attached hydrogens (tertiary/aromatic N) is 2. The largest absolute Gasteiger partial charge is 0.311 e. The molecule has 0 atom stereocenters. The Bertz CT molecular complexity index is 445. The minimum absolute atomic E-state index is 0.853. The van der Waals surface area contributed by atoms with Gasteiger partial charge in [-0.25, -0.2) is 4.98 Å². The molecule has 1 aromatic heterocycles. The summed E-state index contributed by atoms with van der Waals surface area (Å²) in [4.78, 5) is 4.37. The van der Waals surface area contributed by atoms with Crippen molar-refractivity contribution in [1.82, 2.24) is 14.9 Å². The van der Waals surface area contributed by atoms with E-state index in [9.17, 15) is 0 Å². The summed E-state index contributed by atoms with van der Waals surface area (Å²) in [5, 5.41) is 3.33. The topological polar surface area (TPSA) is 29.9 Å². The zero-order valence-corrected chi connectivity index (χ0v) is 9.77. The molecule has 0 aliphatic heterocycles. The Kier molecular flexibility index (Phi) is 3.37. The van der Waals surface area contributed by atoms with Crippen LogP contribution < -0.4 is 5.32 Å². The van der Waals surface area contributed by atoms with Crippen molar-refractivity contribution in [1.29, 1.82) is 0 Å². The fourth-order valence-corrected chi connectivity index (χ4v) is 1.80. The van der Waals surface area contributed by atoms with Crippen LogP contribution in [0.4, 0.5) is 0 Å². The van der Waals surface area contributed by atoms with Crippen LogP contribution in [0.3, 0.4) is 0 Å². The maximum atomic E-state index is 4.37. The number of aryl methyl sites for hydroxylation is 1. The van der Waals surface area contributed by atoms with Gasteiger partial charge in [-0.05, 0) is 25.6 Å². The van der Waals surface area contributed by atoms with Crippen molar-refractivity contribution in [3.8, 4) is 5.69 Å². The van der Waals surface area contributed by atoms with E-state index >= 15 is 0 Å². The number of hydrogen-bond donors (Lipinski definition) is 1. The highest BCUT2D eigenvalue weighted by atomic mass is 15.1. The molecule has 16 heavy (non-hydrogen) atoms. The average molecular weight is 215 g/mol. The van der Waals surface area contributed by atoms with Crippen molar-refractivity contribution in [3.63, 3.8) is 0 Å². The first-order chi connectivity index (χ1) is 7.83. The predicted molar refractivity (Wildman–Crippen MR) is 65.7 cm³/mol. The highest BCUT2D eigenvalue weighted by Crippen LogP contribution is 2.13. The molecule has 0 aliphatic rings. The highest BCUT2D eigenvalue weighted by molar-refractivity contribution is 5.35. The van der Waals surface area contributed by atoms with Gasteiger partial charge in [0.15, 0.2) is 0 Å². The standard InChI is InChI=1S/C13H17N3/c1-3-14-9-13-10-15-11(2)16(13)12-7-5-4-6-8-12/h4-8,10,14H,3,9H2,1-2H3. The molecule has 1 aromatic carbocycles. The van der Waals surface area contributed by atoms with Crippen LogP contribution in [0.2, 0.25) is 0 Å². The van der Waals surface area contributed by atoms with Crippen molar-refractivity contribution in [2.45, 2.75) is 20.4 Å². The van der Waals surface area contributed by atoms with Gasteiger partial charge in [0.1, 0.15) is 5.82 Å². The van der Waals surface area contributed by atoms with Gasteiger partial charge in [-0.15, -0.1) is 0 Å². The van der Waals surface area contributed by atoms with Crippen LogP contribution in [0.25, 0.3) is 5.69 Å². The number of benzene rings is 1. The Labute approximate surface area is 96.1 Å². The number of hydrogen-bond acceptors (Lipinski definition) is 2. The predicted octanol–water partition coefficient (Wildman–Crippen LogP) is 2.29. The lowest BCUT2D eigenvalue weighted by atomic mass is 10.3. The van der Waals surface area contributed by atoms with E-state index in [0.717, 1.165) is 18.9 Å². The van der Waals surface area contributed by atoms with Crippen molar-refractivity contribution < 1.29 is 0 Å². The number of para-hydroxylation sites is 1. The molecule has 0 bridgehead atoms. The van der Waals surface area contributed by atoms with Gasteiger partial charge in [0.2, 0.25) is 0 Å². The van der Waals surface area contributed by atoms with Crippen molar-refractivity contribution in [2.24, 2.45) is 0 Å². The summed E-state index contributed by atoms with van der Waals surface area (Å²) >= 11 is 0. The molecule has 1 heterocycles. The third-order valence-electron chi connectivity index (χ3n) is 2.58. The van der Waals surface area contributed by atoms with Gasteiger partial charge in [-0.3, -0.25) is 4.57 Å². The molecule has 0 unspecified atom stereocenters. The Morgan fingerprint density at radius 3 is 2.69 bits per heavy atom.